The van der Waals surface area contributed by atoms with Crippen LogP contribution in [0.4, 0.5) is 5.69 Å². The Kier molecular flexibility index (Phi) is 8.23. The first kappa shape index (κ1) is 31.1. The largest absolute Gasteiger partial charge is 0.497 e. The summed E-state index contributed by atoms with van der Waals surface area (Å²) in [5.74, 6) is -1.43. The average molecular weight is 645 g/mol. The predicted octanol–water partition coefficient (Wildman–Crippen LogP) is 3.20. The third kappa shape index (κ3) is 5.15. The maximum Gasteiger partial charge on any atom is 0.289 e. The summed E-state index contributed by atoms with van der Waals surface area (Å²) in [4.78, 5) is 40.5. The Morgan fingerprint density at radius 1 is 1.11 bits per heavy atom. The summed E-state index contributed by atoms with van der Waals surface area (Å²) in [7, 11) is -3.02. The molecule has 5 atom stereocenters. The third-order valence-electron chi connectivity index (χ3n) is 8.70. The molecule has 3 heterocycles. The Bertz CT molecular complexity index is 1810. The summed E-state index contributed by atoms with van der Waals surface area (Å²) in [5, 5.41) is 14.8. The average Bonchev–Trinajstić information content (AvgIpc) is 3.70. The molecule has 0 unspecified atom stereocenters. The highest BCUT2D eigenvalue weighted by atomic mass is 32.2. The molecule has 3 aromatic rings. The molecule has 238 valence electrons. The summed E-state index contributed by atoms with van der Waals surface area (Å²) in [6.07, 6.45) is 3.81. The van der Waals surface area contributed by atoms with Gasteiger partial charge < -0.3 is 19.7 Å². The van der Waals surface area contributed by atoms with Gasteiger partial charge in [-0.05, 0) is 29.3 Å². The van der Waals surface area contributed by atoms with Crippen molar-refractivity contribution in [3.8, 4) is 5.75 Å². The second-order valence-corrected chi connectivity index (χ2v) is 13.1. The molecule has 12 nitrogen and oxygen atoms in total. The molecule has 46 heavy (non-hydrogen) atoms. The van der Waals surface area contributed by atoms with E-state index in [0.717, 1.165) is 27.6 Å². The van der Waals surface area contributed by atoms with Gasteiger partial charge in [0.05, 0.1) is 30.1 Å². The second kappa shape index (κ2) is 12.2. The number of carbonyl (C=O) groups is 2. The fourth-order valence-electron chi connectivity index (χ4n) is 6.71. The zero-order chi connectivity index (χ0) is 32.6. The minimum absolute atomic E-state index is 0.0391. The number of nitrogens with one attached hydrogen (secondary N) is 1. The lowest BCUT2D eigenvalue weighted by atomic mass is 9.78. The minimum Gasteiger partial charge on any atom is -0.497 e. The molecule has 0 radical (unpaired) electrons. The number of carbonyl (C=O) groups excluding carboxylic acids is 2. The number of amides is 2. The monoisotopic (exact) mass is 644 g/mol. The topological polar surface area (TPSA) is 148 Å². The van der Waals surface area contributed by atoms with Crippen LogP contribution in [0.1, 0.15) is 11.1 Å². The Labute approximate surface area is 266 Å². The predicted molar refractivity (Wildman–Crippen MR) is 167 cm³/mol. The van der Waals surface area contributed by atoms with E-state index in [0.29, 0.717) is 5.75 Å². The maximum atomic E-state index is 14.5. The normalized spacial score (nSPS) is 24.7. The van der Waals surface area contributed by atoms with Crippen molar-refractivity contribution in [3.63, 3.8) is 0 Å². The van der Waals surface area contributed by atoms with Gasteiger partial charge in [-0.1, -0.05) is 72.8 Å². The number of nitro groups is 1. The fraction of sp³-hybridized carbons (Fsp3) is 0.273. The highest BCUT2D eigenvalue weighted by Crippen LogP contribution is 2.54. The highest BCUT2D eigenvalue weighted by Gasteiger charge is 2.73. The van der Waals surface area contributed by atoms with E-state index >= 15 is 0 Å². The fourth-order valence-corrected chi connectivity index (χ4v) is 8.48. The zero-order valence-corrected chi connectivity index (χ0v) is 25.7. The lowest BCUT2D eigenvalue weighted by Crippen LogP contribution is -2.55. The lowest BCUT2D eigenvalue weighted by molar-refractivity contribution is -0.387. The molecular formula is C33H32N4O8S. The SMILES string of the molecule is C=CCN([C@@H]1[C@H]2C(=O)N(Cc3ccc(OC)cc3)[C@H](C(=O)NCc3ccccc3)[C@]23C=C[C@H]1O3)S(=O)(=O)c1ccccc1[N+](=O)[O-]. The number of likely N-dealkylation sites (tertiary alicyclic amines) is 1. The van der Waals surface area contributed by atoms with Crippen LogP contribution < -0.4 is 10.1 Å². The van der Waals surface area contributed by atoms with E-state index in [4.69, 9.17) is 9.47 Å². The van der Waals surface area contributed by atoms with Crippen molar-refractivity contribution in [2.45, 2.75) is 41.8 Å². The van der Waals surface area contributed by atoms with Crippen LogP contribution in [0.15, 0.2) is 109 Å². The summed E-state index contributed by atoms with van der Waals surface area (Å²) < 4.78 is 41.1. The molecule has 0 aromatic heterocycles. The number of methoxy groups -OCH3 is 1. The highest BCUT2D eigenvalue weighted by molar-refractivity contribution is 7.89. The van der Waals surface area contributed by atoms with Crippen LogP contribution in [0, 0.1) is 16.0 Å². The van der Waals surface area contributed by atoms with Crippen molar-refractivity contribution < 1.29 is 32.4 Å². The zero-order valence-electron chi connectivity index (χ0n) is 24.9. The van der Waals surface area contributed by atoms with Crippen LogP contribution >= 0.6 is 0 Å². The molecule has 2 saturated heterocycles. The molecule has 6 rings (SSSR count). The van der Waals surface area contributed by atoms with Gasteiger partial charge in [-0.3, -0.25) is 19.7 Å². The summed E-state index contributed by atoms with van der Waals surface area (Å²) in [6, 6.07) is 19.2. The number of benzene rings is 3. The molecule has 3 aromatic carbocycles. The van der Waals surface area contributed by atoms with Gasteiger partial charge in [-0.2, -0.15) is 4.31 Å². The van der Waals surface area contributed by atoms with E-state index in [1.165, 1.54) is 23.1 Å². The van der Waals surface area contributed by atoms with Crippen molar-refractivity contribution in [1.82, 2.24) is 14.5 Å². The van der Waals surface area contributed by atoms with E-state index in [1.807, 2.05) is 30.3 Å². The molecular weight excluding hydrogens is 612 g/mol. The number of hydrogen-bond donors (Lipinski definition) is 1. The van der Waals surface area contributed by atoms with Crippen molar-refractivity contribution in [2.24, 2.45) is 5.92 Å². The summed E-state index contributed by atoms with van der Waals surface area (Å²) in [6.45, 7) is 3.70. The number of para-hydroxylation sites is 1. The molecule has 1 spiro atoms. The molecule has 2 bridgehead atoms. The number of sulfonamides is 1. The molecule has 2 amide bonds. The van der Waals surface area contributed by atoms with Crippen molar-refractivity contribution in [1.29, 1.82) is 0 Å². The van der Waals surface area contributed by atoms with E-state index in [2.05, 4.69) is 11.9 Å². The molecule has 0 saturated carbocycles. The van der Waals surface area contributed by atoms with Crippen LogP contribution in [-0.2, 0) is 37.4 Å². The van der Waals surface area contributed by atoms with Crippen LogP contribution in [0.5, 0.6) is 5.75 Å². The van der Waals surface area contributed by atoms with Crippen molar-refractivity contribution >= 4 is 27.5 Å². The first-order chi connectivity index (χ1) is 22.1. The number of nitro benzene ring substituents is 1. The van der Waals surface area contributed by atoms with Crippen LogP contribution in [0.2, 0.25) is 0 Å². The van der Waals surface area contributed by atoms with Gasteiger partial charge in [0.15, 0.2) is 4.90 Å². The van der Waals surface area contributed by atoms with Crippen molar-refractivity contribution in [3.05, 3.63) is 125 Å². The van der Waals surface area contributed by atoms with Gasteiger partial charge in [0.25, 0.3) is 15.7 Å². The number of hydrogen-bond acceptors (Lipinski definition) is 8. The van der Waals surface area contributed by atoms with Gasteiger partial charge in [0.1, 0.15) is 17.4 Å². The Balaban J connectivity index is 1.41. The van der Waals surface area contributed by atoms with Crippen LogP contribution in [0.25, 0.3) is 0 Å². The van der Waals surface area contributed by atoms with Crippen LogP contribution in [-0.4, -0.2) is 71.8 Å². The van der Waals surface area contributed by atoms with Gasteiger partial charge in [0, 0.05) is 25.7 Å². The molecule has 3 aliphatic heterocycles. The van der Waals surface area contributed by atoms with Crippen LogP contribution in [0.3, 0.4) is 0 Å². The second-order valence-electron chi connectivity index (χ2n) is 11.3. The Morgan fingerprint density at radius 3 is 2.48 bits per heavy atom. The molecule has 3 aliphatic rings. The molecule has 13 heteroatoms. The minimum atomic E-state index is -4.56. The summed E-state index contributed by atoms with van der Waals surface area (Å²) >= 11 is 0. The van der Waals surface area contributed by atoms with E-state index < -0.39 is 67.1 Å². The number of ether oxygens (including phenoxy) is 2. The number of nitrogens with zero attached hydrogens (tertiary/aromatic N) is 3. The smallest absolute Gasteiger partial charge is 0.289 e. The Hall–Kier alpha value is -4.85. The number of rotatable bonds is 12. The van der Waals surface area contributed by atoms with Gasteiger partial charge in [-0.15, -0.1) is 6.58 Å². The van der Waals surface area contributed by atoms with Gasteiger partial charge in [-0.25, -0.2) is 8.42 Å². The molecule has 0 aliphatic carbocycles. The third-order valence-corrected chi connectivity index (χ3v) is 10.6. The standard InChI is InChI=1S/C33H32N4O8S/c1-3-19-36(46(42,43)27-12-8-7-11-25(27)37(40)41)29-26-17-18-33(45-26)28(29)32(39)35(21-23-13-15-24(44-2)16-14-23)30(33)31(38)34-20-22-9-5-4-6-10-22/h3-18,26,28-30H,1,19-21H2,2H3,(H,34,38)/t26-,28+,29+,30-,33+/m1/s1. The van der Waals surface area contributed by atoms with E-state index in [-0.39, 0.29) is 19.6 Å². The van der Waals surface area contributed by atoms with Gasteiger partial charge in [0.2, 0.25) is 11.8 Å². The van der Waals surface area contributed by atoms with Crippen molar-refractivity contribution in [2.75, 3.05) is 13.7 Å². The number of fused-ring (bicyclic) bond motifs is 1. The lowest BCUT2D eigenvalue weighted by Gasteiger charge is -2.34. The Morgan fingerprint density at radius 2 is 1.80 bits per heavy atom. The van der Waals surface area contributed by atoms with E-state index in [1.54, 1.807) is 43.5 Å². The molecule has 1 N–H and O–H groups in total. The quantitative estimate of drug-likeness (QED) is 0.180. The first-order valence-corrected chi connectivity index (χ1v) is 16.0. The van der Waals surface area contributed by atoms with E-state index in [9.17, 15) is 28.1 Å². The first-order valence-electron chi connectivity index (χ1n) is 14.6. The van der Waals surface area contributed by atoms with Gasteiger partial charge >= 0.3 is 0 Å². The maximum absolute atomic E-state index is 14.5. The summed E-state index contributed by atoms with van der Waals surface area (Å²) in [5.41, 5.74) is -0.509. The molecule has 2 fully saturated rings.